The molecule has 4 aromatic rings. The largest absolute Gasteiger partial charge is 0.323 e. The highest BCUT2D eigenvalue weighted by atomic mass is 35.5. The molecule has 1 amide bonds. The fourth-order valence-electron chi connectivity index (χ4n) is 4.19. The molecule has 1 fully saturated rings. The highest BCUT2D eigenvalue weighted by Gasteiger charge is 2.35. The van der Waals surface area contributed by atoms with Gasteiger partial charge in [0.1, 0.15) is 5.82 Å². The maximum absolute atomic E-state index is 12.9. The van der Waals surface area contributed by atoms with Crippen LogP contribution in [0.1, 0.15) is 23.7 Å². The van der Waals surface area contributed by atoms with Crippen molar-refractivity contribution in [1.82, 2.24) is 9.55 Å². The number of nitrogens with zero attached hydrogens (tertiary/aromatic N) is 3. The van der Waals surface area contributed by atoms with Crippen LogP contribution in [0.15, 0.2) is 66.7 Å². The smallest absolute Gasteiger partial charge is 0.227 e. The van der Waals surface area contributed by atoms with Crippen molar-refractivity contribution in [2.75, 3.05) is 11.4 Å². The second-order valence-electron chi connectivity index (χ2n) is 7.63. The highest BCUT2D eigenvalue weighted by Crippen LogP contribution is 2.35. The van der Waals surface area contributed by atoms with Crippen molar-refractivity contribution in [3.8, 4) is 0 Å². The Labute approximate surface area is 195 Å². The SMILES string of the molecule is O=C1CC(c2nc3ccccc3n2Cc2c(Cl)cccc2Cl)CN1c1cccc(Cl)c1. The van der Waals surface area contributed by atoms with Crippen molar-refractivity contribution < 1.29 is 4.79 Å². The Morgan fingerprint density at radius 1 is 0.935 bits per heavy atom. The van der Waals surface area contributed by atoms with Crippen molar-refractivity contribution in [3.05, 3.63) is 93.2 Å². The Morgan fingerprint density at radius 3 is 2.45 bits per heavy atom. The van der Waals surface area contributed by atoms with Gasteiger partial charge in [-0.3, -0.25) is 4.79 Å². The van der Waals surface area contributed by atoms with E-state index in [-0.39, 0.29) is 11.8 Å². The Morgan fingerprint density at radius 2 is 1.68 bits per heavy atom. The number of imidazole rings is 1. The molecule has 1 saturated heterocycles. The molecular weight excluding hydrogens is 453 g/mol. The molecular formula is C24H18Cl3N3O. The van der Waals surface area contributed by atoms with Gasteiger partial charge < -0.3 is 9.47 Å². The van der Waals surface area contributed by atoms with Gasteiger partial charge >= 0.3 is 0 Å². The molecule has 1 unspecified atom stereocenters. The van der Waals surface area contributed by atoms with Crippen LogP contribution in [0.4, 0.5) is 5.69 Å². The number of hydrogen-bond donors (Lipinski definition) is 0. The molecule has 31 heavy (non-hydrogen) atoms. The second-order valence-corrected chi connectivity index (χ2v) is 8.88. The van der Waals surface area contributed by atoms with E-state index in [0.29, 0.717) is 34.6 Å². The topological polar surface area (TPSA) is 38.1 Å². The molecule has 0 bridgehead atoms. The van der Waals surface area contributed by atoms with Crippen LogP contribution in [0.5, 0.6) is 0 Å². The summed E-state index contributed by atoms with van der Waals surface area (Å²) in [5, 5.41) is 1.83. The molecule has 2 heterocycles. The van der Waals surface area contributed by atoms with Crippen molar-refractivity contribution in [1.29, 1.82) is 0 Å². The van der Waals surface area contributed by atoms with Crippen LogP contribution in [0, 0.1) is 0 Å². The number of aromatic nitrogens is 2. The van der Waals surface area contributed by atoms with Gasteiger partial charge in [0, 0.05) is 45.2 Å². The zero-order valence-corrected chi connectivity index (χ0v) is 18.7. The van der Waals surface area contributed by atoms with Crippen LogP contribution in [-0.2, 0) is 11.3 Å². The van der Waals surface area contributed by atoms with E-state index in [0.717, 1.165) is 28.1 Å². The van der Waals surface area contributed by atoms with E-state index in [4.69, 9.17) is 39.8 Å². The third-order valence-corrected chi connectivity index (χ3v) is 6.62. The van der Waals surface area contributed by atoms with Crippen LogP contribution < -0.4 is 4.90 Å². The molecule has 1 aromatic heterocycles. The van der Waals surface area contributed by atoms with Crippen molar-refractivity contribution in [3.63, 3.8) is 0 Å². The highest BCUT2D eigenvalue weighted by molar-refractivity contribution is 6.36. The van der Waals surface area contributed by atoms with E-state index in [2.05, 4.69) is 4.57 Å². The quantitative estimate of drug-likeness (QED) is 0.338. The monoisotopic (exact) mass is 469 g/mol. The van der Waals surface area contributed by atoms with Crippen LogP contribution in [-0.4, -0.2) is 22.0 Å². The summed E-state index contributed by atoms with van der Waals surface area (Å²) in [6, 6.07) is 20.8. The second kappa shape index (κ2) is 8.19. The molecule has 0 N–H and O–H groups in total. The molecule has 0 radical (unpaired) electrons. The van der Waals surface area contributed by atoms with Crippen molar-refractivity contribution >= 4 is 57.4 Å². The summed E-state index contributed by atoms with van der Waals surface area (Å²) in [4.78, 5) is 19.5. The summed E-state index contributed by atoms with van der Waals surface area (Å²) in [5.74, 6) is 0.858. The van der Waals surface area contributed by atoms with Crippen molar-refractivity contribution in [2.45, 2.75) is 18.9 Å². The van der Waals surface area contributed by atoms with Gasteiger partial charge in [-0.05, 0) is 42.5 Å². The molecule has 0 aliphatic carbocycles. The summed E-state index contributed by atoms with van der Waals surface area (Å²) >= 11 is 19.1. The molecule has 156 valence electrons. The van der Waals surface area contributed by atoms with Gasteiger partial charge in [-0.2, -0.15) is 0 Å². The third kappa shape index (κ3) is 3.80. The fraction of sp³-hybridized carbons (Fsp3) is 0.167. The van der Waals surface area contributed by atoms with E-state index < -0.39 is 0 Å². The van der Waals surface area contributed by atoms with Gasteiger partial charge in [-0.15, -0.1) is 0 Å². The van der Waals surface area contributed by atoms with Crippen LogP contribution in [0.25, 0.3) is 11.0 Å². The number of carbonyl (C=O) groups excluding carboxylic acids is 1. The predicted molar refractivity (Wildman–Crippen MR) is 126 cm³/mol. The normalized spacial score (nSPS) is 16.4. The number of rotatable bonds is 4. The van der Waals surface area contributed by atoms with Gasteiger partial charge in [0.15, 0.2) is 0 Å². The molecule has 1 aliphatic rings. The van der Waals surface area contributed by atoms with Crippen LogP contribution >= 0.6 is 34.8 Å². The molecule has 4 nitrogen and oxygen atoms in total. The van der Waals surface area contributed by atoms with E-state index in [9.17, 15) is 4.79 Å². The number of carbonyl (C=O) groups is 1. The van der Waals surface area contributed by atoms with Gasteiger partial charge in [0.25, 0.3) is 0 Å². The summed E-state index contributed by atoms with van der Waals surface area (Å²) in [6.07, 6.45) is 0.381. The number of halogens is 3. The Hall–Kier alpha value is -2.53. The lowest BCUT2D eigenvalue weighted by molar-refractivity contribution is -0.117. The Kier molecular flexibility index (Phi) is 5.39. The van der Waals surface area contributed by atoms with E-state index >= 15 is 0 Å². The third-order valence-electron chi connectivity index (χ3n) is 5.67. The Balaban J connectivity index is 1.56. The molecule has 0 spiro atoms. The average Bonchev–Trinajstić information content (AvgIpc) is 3.31. The van der Waals surface area contributed by atoms with Gasteiger partial charge in [-0.1, -0.05) is 59.1 Å². The van der Waals surface area contributed by atoms with E-state index in [1.54, 1.807) is 11.0 Å². The first-order valence-electron chi connectivity index (χ1n) is 9.95. The van der Waals surface area contributed by atoms with Crippen LogP contribution in [0.2, 0.25) is 15.1 Å². The minimum Gasteiger partial charge on any atom is -0.323 e. The van der Waals surface area contributed by atoms with Gasteiger partial charge in [-0.25, -0.2) is 4.98 Å². The zero-order valence-electron chi connectivity index (χ0n) is 16.4. The summed E-state index contributed by atoms with van der Waals surface area (Å²) in [6.45, 7) is 1.02. The lowest BCUT2D eigenvalue weighted by Gasteiger charge is -2.18. The lowest BCUT2D eigenvalue weighted by atomic mass is 10.1. The first kappa shape index (κ1) is 20.4. The summed E-state index contributed by atoms with van der Waals surface area (Å²) in [5.41, 5.74) is 3.51. The molecule has 1 aliphatic heterocycles. The maximum Gasteiger partial charge on any atom is 0.227 e. The Bertz CT molecular complexity index is 1280. The van der Waals surface area contributed by atoms with E-state index in [1.165, 1.54) is 0 Å². The summed E-state index contributed by atoms with van der Waals surface area (Å²) in [7, 11) is 0. The van der Waals surface area contributed by atoms with Crippen molar-refractivity contribution in [2.24, 2.45) is 0 Å². The molecule has 7 heteroatoms. The van der Waals surface area contributed by atoms with Crippen LogP contribution in [0.3, 0.4) is 0 Å². The first-order chi connectivity index (χ1) is 15.0. The average molecular weight is 471 g/mol. The summed E-state index contributed by atoms with van der Waals surface area (Å²) < 4.78 is 2.13. The minimum atomic E-state index is -0.0554. The number of amides is 1. The molecule has 1 atom stereocenters. The number of benzene rings is 3. The lowest BCUT2D eigenvalue weighted by Crippen LogP contribution is -2.24. The first-order valence-corrected chi connectivity index (χ1v) is 11.1. The minimum absolute atomic E-state index is 0.0554. The van der Waals surface area contributed by atoms with Gasteiger partial charge in [0.05, 0.1) is 17.6 Å². The van der Waals surface area contributed by atoms with Gasteiger partial charge in [0.2, 0.25) is 5.91 Å². The standard InChI is InChI=1S/C24H18Cl3N3O/c25-16-5-3-6-17(12-16)29-13-15(11-23(29)31)24-28-21-9-1-2-10-22(21)30(24)14-18-19(26)7-4-8-20(18)27/h1-10,12,15H,11,13-14H2. The molecule has 3 aromatic carbocycles. The number of fused-ring (bicyclic) bond motifs is 1. The number of anilines is 1. The maximum atomic E-state index is 12.9. The zero-order chi connectivity index (χ0) is 21.5. The molecule has 0 saturated carbocycles. The number of para-hydroxylation sites is 2. The fourth-order valence-corrected chi connectivity index (χ4v) is 4.89. The van der Waals surface area contributed by atoms with E-state index in [1.807, 2.05) is 60.7 Å². The molecule has 5 rings (SSSR count). The number of hydrogen-bond acceptors (Lipinski definition) is 2. The predicted octanol–water partition coefficient (Wildman–Crippen LogP) is 6.57.